The number of rotatable bonds is 10. The Bertz CT molecular complexity index is 1280. The molecule has 0 fully saturated rings. The Kier molecular flexibility index (Phi) is 8.48. The number of nitrogens with one attached hydrogen (secondary N) is 1. The number of aromatic hydroxyl groups is 1. The van der Waals surface area contributed by atoms with Crippen molar-refractivity contribution < 1.29 is 27.7 Å². The second kappa shape index (κ2) is 11.3. The van der Waals surface area contributed by atoms with E-state index < -0.39 is 10.0 Å². The summed E-state index contributed by atoms with van der Waals surface area (Å²) in [5.74, 6) is 1.45. The minimum atomic E-state index is -3.99. The molecule has 0 bridgehead atoms. The zero-order valence-electron chi connectivity index (χ0n) is 19.8. The van der Waals surface area contributed by atoms with E-state index in [0.29, 0.717) is 35.3 Å². The van der Waals surface area contributed by atoms with E-state index in [9.17, 15) is 13.5 Å². The standard InChI is InChI=1S/C25H27ClN2O6S/c1-16(2)19-7-5-17(6-8-19)15-34-25-23(32-3)11-18(12-24(25)33-4)14-27-28-35(30,31)20-9-10-22(29)21(26)13-20/h5-14,16,28-29H,15H2,1-4H3/b27-14+. The van der Waals surface area contributed by atoms with Gasteiger partial charge in [0.1, 0.15) is 12.4 Å². The predicted molar refractivity (Wildman–Crippen MR) is 135 cm³/mol. The molecule has 0 aliphatic heterocycles. The number of phenolic OH excluding ortho intramolecular Hbond substituents is 1. The van der Waals surface area contributed by atoms with Gasteiger partial charge in [-0.2, -0.15) is 13.5 Å². The number of halogens is 1. The third kappa shape index (κ3) is 6.58. The molecule has 0 unspecified atom stereocenters. The molecule has 8 nitrogen and oxygen atoms in total. The van der Waals surface area contributed by atoms with Crippen molar-refractivity contribution in [3.63, 3.8) is 0 Å². The zero-order chi connectivity index (χ0) is 25.6. The molecule has 0 amide bonds. The number of ether oxygens (including phenoxy) is 3. The molecule has 0 saturated heterocycles. The molecule has 3 aromatic rings. The molecule has 0 heterocycles. The molecule has 0 radical (unpaired) electrons. The highest BCUT2D eigenvalue weighted by atomic mass is 35.5. The van der Waals surface area contributed by atoms with E-state index in [2.05, 4.69) is 35.9 Å². The van der Waals surface area contributed by atoms with E-state index in [4.69, 9.17) is 25.8 Å². The zero-order valence-corrected chi connectivity index (χ0v) is 21.4. The molecule has 35 heavy (non-hydrogen) atoms. The van der Waals surface area contributed by atoms with Gasteiger partial charge in [-0.05, 0) is 47.4 Å². The fourth-order valence-electron chi connectivity index (χ4n) is 3.15. The molecular formula is C25H27ClN2O6S. The van der Waals surface area contributed by atoms with Gasteiger partial charge < -0.3 is 19.3 Å². The van der Waals surface area contributed by atoms with Crippen molar-refractivity contribution in [2.75, 3.05) is 14.2 Å². The molecule has 0 saturated carbocycles. The molecule has 3 rings (SSSR count). The lowest BCUT2D eigenvalue weighted by Gasteiger charge is -2.15. The molecule has 186 valence electrons. The molecule has 2 N–H and O–H groups in total. The molecular weight excluding hydrogens is 492 g/mol. The summed E-state index contributed by atoms with van der Waals surface area (Å²) in [4.78, 5) is 1.97. The molecule has 3 aromatic carbocycles. The number of phenols is 1. The summed E-state index contributed by atoms with van der Waals surface area (Å²) < 4.78 is 41.8. The monoisotopic (exact) mass is 518 g/mol. The first kappa shape index (κ1) is 26.2. The first-order valence-electron chi connectivity index (χ1n) is 10.7. The van der Waals surface area contributed by atoms with E-state index in [1.807, 2.05) is 12.1 Å². The quantitative estimate of drug-likeness (QED) is 0.286. The fraction of sp³-hybridized carbons (Fsp3) is 0.240. The Hall–Kier alpha value is -3.43. The van der Waals surface area contributed by atoms with Crippen LogP contribution < -0.4 is 19.0 Å². The van der Waals surface area contributed by atoms with Gasteiger partial charge in [-0.3, -0.25) is 0 Å². The number of hydrogen-bond donors (Lipinski definition) is 2. The van der Waals surface area contributed by atoms with Crippen molar-refractivity contribution in [1.82, 2.24) is 4.83 Å². The maximum Gasteiger partial charge on any atom is 0.276 e. The maximum atomic E-state index is 12.4. The molecule has 0 aliphatic carbocycles. The lowest BCUT2D eigenvalue weighted by Crippen LogP contribution is -2.18. The number of nitrogens with zero attached hydrogens (tertiary/aromatic N) is 1. The fourth-order valence-corrected chi connectivity index (χ4v) is 4.21. The summed E-state index contributed by atoms with van der Waals surface area (Å²) >= 11 is 5.80. The second-order valence-electron chi connectivity index (χ2n) is 7.91. The van der Waals surface area contributed by atoms with Crippen LogP contribution in [-0.4, -0.2) is 34.0 Å². The highest BCUT2D eigenvalue weighted by molar-refractivity contribution is 7.89. The summed E-state index contributed by atoms with van der Waals surface area (Å²) in [6.45, 7) is 4.59. The summed E-state index contributed by atoms with van der Waals surface area (Å²) in [6.07, 6.45) is 1.30. The Morgan fingerprint density at radius 1 is 1.03 bits per heavy atom. The van der Waals surface area contributed by atoms with Crippen molar-refractivity contribution in [2.24, 2.45) is 5.10 Å². The van der Waals surface area contributed by atoms with E-state index >= 15 is 0 Å². The minimum absolute atomic E-state index is 0.0854. The second-order valence-corrected chi connectivity index (χ2v) is 9.97. The number of hydrazone groups is 1. The van der Waals surface area contributed by atoms with Crippen molar-refractivity contribution in [3.8, 4) is 23.0 Å². The smallest absolute Gasteiger partial charge is 0.276 e. The Morgan fingerprint density at radius 2 is 1.66 bits per heavy atom. The van der Waals surface area contributed by atoms with Gasteiger partial charge in [-0.1, -0.05) is 49.7 Å². The molecule has 0 spiro atoms. The van der Waals surface area contributed by atoms with Crippen LogP contribution in [-0.2, 0) is 16.6 Å². The van der Waals surface area contributed by atoms with Crippen LogP contribution in [0.1, 0.15) is 36.5 Å². The third-order valence-corrected chi connectivity index (χ3v) is 6.65. The van der Waals surface area contributed by atoms with Crippen LogP contribution in [0.15, 0.2) is 64.6 Å². The molecule has 10 heteroatoms. The first-order valence-corrected chi connectivity index (χ1v) is 12.5. The summed E-state index contributed by atoms with van der Waals surface area (Å²) in [5.41, 5.74) is 2.75. The lowest BCUT2D eigenvalue weighted by molar-refractivity contribution is 0.266. The van der Waals surface area contributed by atoms with Gasteiger partial charge in [0.25, 0.3) is 10.0 Å². The van der Waals surface area contributed by atoms with Gasteiger partial charge in [-0.15, -0.1) is 0 Å². The lowest BCUT2D eigenvalue weighted by atomic mass is 10.0. The number of hydrogen-bond acceptors (Lipinski definition) is 7. The largest absolute Gasteiger partial charge is 0.506 e. The van der Waals surface area contributed by atoms with Crippen molar-refractivity contribution in [1.29, 1.82) is 0 Å². The average molecular weight is 519 g/mol. The predicted octanol–water partition coefficient (Wildman–Crippen LogP) is 5.08. The van der Waals surface area contributed by atoms with E-state index in [0.717, 1.165) is 11.6 Å². The van der Waals surface area contributed by atoms with E-state index in [-0.39, 0.29) is 15.7 Å². The van der Waals surface area contributed by atoms with Crippen LogP contribution in [0.25, 0.3) is 0 Å². The van der Waals surface area contributed by atoms with Gasteiger partial charge in [0.05, 0.1) is 30.4 Å². The van der Waals surface area contributed by atoms with Crippen molar-refractivity contribution >= 4 is 27.8 Å². The van der Waals surface area contributed by atoms with Crippen LogP contribution in [0, 0.1) is 0 Å². The van der Waals surface area contributed by atoms with E-state index in [1.165, 1.54) is 38.1 Å². The normalized spacial score (nSPS) is 11.6. The third-order valence-electron chi connectivity index (χ3n) is 5.13. The Labute approximate surface area is 210 Å². The number of benzene rings is 3. The average Bonchev–Trinajstić information content (AvgIpc) is 2.84. The summed E-state index contributed by atoms with van der Waals surface area (Å²) in [5, 5.41) is 13.2. The van der Waals surface area contributed by atoms with Crippen molar-refractivity contribution in [3.05, 3.63) is 76.3 Å². The summed E-state index contributed by atoms with van der Waals surface area (Å²) in [7, 11) is -0.993. The first-order chi connectivity index (χ1) is 16.6. The van der Waals surface area contributed by atoms with Gasteiger partial charge in [-0.25, -0.2) is 4.83 Å². The maximum absolute atomic E-state index is 12.4. The van der Waals surface area contributed by atoms with E-state index in [1.54, 1.807) is 12.1 Å². The van der Waals surface area contributed by atoms with Gasteiger partial charge in [0.2, 0.25) is 5.75 Å². The molecule has 0 aromatic heterocycles. The topological polar surface area (TPSA) is 106 Å². The van der Waals surface area contributed by atoms with Crippen LogP contribution in [0.2, 0.25) is 5.02 Å². The van der Waals surface area contributed by atoms with Crippen LogP contribution in [0.4, 0.5) is 0 Å². The van der Waals surface area contributed by atoms with Crippen molar-refractivity contribution in [2.45, 2.75) is 31.3 Å². The highest BCUT2D eigenvalue weighted by Crippen LogP contribution is 2.38. The SMILES string of the molecule is COc1cc(/C=N/NS(=O)(=O)c2ccc(O)c(Cl)c2)cc(OC)c1OCc1ccc(C(C)C)cc1. The number of sulfonamides is 1. The van der Waals surface area contributed by atoms with Crippen LogP contribution in [0.5, 0.6) is 23.0 Å². The molecule has 0 aliphatic rings. The Balaban J connectivity index is 1.76. The van der Waals surface area contributed by atoms with Crippen LogP contribution in [0.3, 0.4) is 0 Å². The van der Waals surface area contributed by atoms with Gasteiger partial charge in [0, 0.05) is 5.56 Å². The van der Waals surface area contributed by atoms with Crippen LogP contribution >= 0.6 is 11.6 Å². The van der Waals surface area contributed by atoms with Gasteiger partial charge in [0.15, 0.2) is 11.5 Å². The number of methoxy groups -OCH3 is 2. The summed E-state index contributed by atoms with van der Waals surface area (Å²) in [6, 6.07) is 15.0. The minimum Gasteiger partial charge on any atom is -0.506 e. The highest BCUT2D eigenvalue weighted by Gasteiger charge is 2.16. The van der Waals surface area contributed by atoms with Gasteiger partial charge >= 0.3 is 0 Å². The molecule has 0 atom stereocenters. The Morgan fingerprint density at radius 3 is 2.20 bits per heavy atom.